The van der Waals surface area contributed by atoms with Crippen LogP contribution in [-0.4, -0.2) is 7.11 Å². The Bertz CT molecular complexity index is 455. The summed E-state index contributed by atoms with van der Waals surface area (Å²) in [7, 11) is 1.70. The molecule has 0 saturated heterocycles. The van der Waals surface area contributed by atoms with E-state index in [1.807, 2.05) is 12.1 Å². The van der Waals surface area contributed by atoms with E-state index in [1.54, 1.807) is 7.11 Å². The first kappa shape index (κ1) is 12.0. The Kier molecular flexibility index (Phi) is 3.10. The van der Waals surface area contributed by atoms with Gasteiger partial charge in [-0.3, -0.25) is 0 Å². The molecular weight excluding hydrogens is 208 g/mol. The van der Waals surface area contributed by atoms with Gasteiger partial charge in [-0.15, -0.1) is 0 Å². The van der Waals surface area contributed by atoms with E-state index in [-0.39, 0.29) is 5.41 Å². The van der Waals surface area contributed by atoms with Crippen molar-refractivity contribution in [2.24, 2.45) is 5.41 Å². The average Bonchev–Trinajstić information content (AvgIpc) is 2.78. The Labute approximate surface area is 104 Å². The van der Waals surface area contributed by atoms with Gasteiger partial charge in [0.1, 0.15) is 5.75 Å². The van der Waals surface area contributed by atoms with Gasteiger partial charge in [-0.25, -0.2) is 0 Å². The molecule has 1 heteroatoms. The molecule has 1 aliphatic carbocycles. The zero-order chi connectivity index (χ0) is 12.5. The fourth-order valence-electron chi connectivity index (χ4n) is 2.03. The standard InChI is InChI=1S/C16H20O/c1-16(2,3)14-8-5-13(11-14)12-6-9-15(17-4)10-7-12/h5-7,9-11H,8H2,1-4H3. The lowest BCUT2D eigenvalue weighted by atomic mass is 9.86. The van der Waals surface area contributed by atoms with Gasteiger partial charge in [-0.2, -0.15) is 0 Å². The molecule has 0 radical (unpaired) electrons. The minimum absolute atomic E-state index is 0.269. The minimum atomic E-state index is 0.269. The molecule has 0 amide bonds. The highest BCUT2D eigenvalue weighted by molar-refractivity contribution is 5.78. The topological polar surface area (TPSA) is 9.23 Å². The van der Waals surface area contributed by atoms with Crippen LogP contribution in [0.2, 0.25) is 0 Å². The maximum absolute atomic E-state index is 5.17. The van der Waals surface area contributed by atoms with Gasteiger partial charge >= 0.3 is 0 Å². The highest BCUT2D eigenvalue weighted by atomic mass is 16.5. The second-order valence-electron chi connectivity index (χ2n) is 5.51. The van der Waals surface area contributed by atoms with Crippen molar-refractivity contribution in [2.45, 2.75) is 27.2 Å². The fourth-order valence-corrected chi connectivity index (χ4v) is 2.03. The molecule has 0 saturated carbocycles. The summed E-state index contributed by atoms with van der Waals surface area (Å²) in [6.07, 6.45) is 5.70. The maximum atomic E-state index is 5.17. The third kappa shape index (κ3) is 2.60. The lowest BCUT2D eigenvalue weighted by Gasteiger charge is -2.19. The van der Waals surface area contributed by atoms with Crippen molar-refractivity contribution in [3.8, 4) is 5.75 Å². The van der Waals surface area contributed by atoms with E-state index in [0.29, 0.717) is 0 Å². The molecule has 1 aromatic carbocycles. The SMILES string of the molecule is COc1ccc(C2=CCC(C(C)(C)C)=C2)cc1. The smallest absolute Gasteiger partial charge is 0.118 e. The molecule has 0 spiro atoms. The predicted molar refractivity (Wildman–Crippen MR) is 73.1 cm³/mol. The van der Waals surface area contributed by atoms with Crippen molar-refractivity contribution in [3.05, 3.63) is 47.6 Å². The van der Waals surface area contributed by atoms with E-state index in [1.165, 1.54) is 16.7 Å². The summed E-state index contributed by atoms with van der Waals surface area (Å²) >= 11 is 0. The summed E-state index contributed by atoms with van der Waals surface area (Å²) in [6, 6.07) is 8.26. The van der Waals surface area contributed by atoms with Crippen LogP contribution in [0.4, 0.5) is 0 Å². The molecule has 0 heterocycles. The number of rotatable bonds is 2. The van der Waals surface area contributed by atoms with Crippen LogP contribution in [0.5, 0.6) is 5.75 Å². The van der Waals surface area contributed by atoms with E-state index in [9.17, 15) is 0 Å². The molecule has 0 atom stereocenters. The lowest BCUT2D eigenvalue weighted by Crippen LogP contribution is -2.07. The first-order valence-electron chi connectivity index (χ1n) is 6.06. The average molecular weight is 228 g/mol. The van der Waals surface area contributed by atoms with E-state index >= 15 is 0 Å². The van der Waals surface area contributed by atoms with Crippen molar-refractivity contribution < 1.29 is 4.74 Å². The third-order valence-corrected chi connectivity index (χ3v) is 3.26. The number of ether oxygens (including phenoxy) is 1. The van der Waals surface area contributed by atoms with E-state index in [2.05, 4.69) is 45.1 Å². The highest BCUT2D eigenvalue weighted by Crippen LogP contribution is 2.36. The van der Waals surface area contributed by atoms with Gasteiger partial charge in [-0.05, 0) is 35.1 Å². The molecule has 17 heavy (non-hydrogen) atoms. The van der Waals surface area contributed by atoms with Crippen LogP contribution >= 0.6 is 0 Å². The molecule has 1 aliphatic rings. The minimum Gasteiger partial charge on any atom is -0.497 e. The molecular formula is C16H20O. The zero-order valence-corrected chi connectivity index (χ0v) is 11.1. The van der Waals surface area contributed by atoms with Crippen LogP contribution in [0.1, 0.15) is 32.8 Å². The van der Waals surface area contributed by atoms with E-state index < -0.39 is 0 Å². The van der Waals surface area contributed by atoms with E-state index in [0.717, 1.165) is 12.2 Å². The van der Waals surface area contributed by atoms with Crippen LogP contribution in [-0.2, 0) is 0 Å². The summed E-state index contributed by atoms with van der Waals surface area (Å²) in [5.74, 6) is 0.910. The van der Waals surface area contributed by atoms with Crippen molar-refractivity contribution in [1.82, 2.24) is 0 Å². The Hall–Kier alpha value is -1.50. The van der Waals surface area contributed by atoms with Crippen molar-refractivity contribution >= 4 is 5.57 Å². The molecule has 2 rings (SSSR count). The summed E-state index contributed by atoms with van der Waals surface area (Å²) in [4.78, 5) is 0. The van der Waals surface area contributed by atoms with Gasteiger partial charge in [0.2, 0.25) is 0 Å². The first-order chi connectivity index (χ1) is 8.00. The monoisotopic (exact) mass is 228 g/mol. The molecule has 0 bridgehead atoms. The van der Waals surface area contributed by atoms with Crippen LogP contribution in [0.15, 0.2) is 42.0 Å². The quantitative estimate of drug-likeness (QED) is 0.726. The van der Waals surface area contributed by atoms with E-state index in [4.69, 9.17) is 4.74 Å². The number of methoxy groups -OCH3 is 1. The van der Waals surface area contributed by atoms with Crippen molar-refractivity contribution in [2.75, 3.05) is 7.11 Å². The maximum Gasteiger partial charge on any atom is 0.118 e. The van der Waals surface area contributed by atoms with Crippen molar-refractivity contribution in [1.29, 1.82) is 0 Å². The number of allylic oxidation sites excluding steroid dienone is 4. The molecule has 0 aliphatic heterocycles. The van der Waals surface area contributed by atoms with Gasteiger partial charge < -0.3 is 4.74 Å². The fraction of sp³-hybridized carbons (Fsp3) is 0.375. The first-order valence-corrected chi connectivity index (χ1v) is 6.06. The molecule has 1 aromatic rings. The molecule has 1 nitrogen and oxygen atoms in total. The Morgan fingerprint density at radius 3 is 2.18 bits per heavy atom. The number of hydrogen-bond donors (Lipinski definition) is 0. The normalized spacial score (nSPS) is 15.5. The summed E-state index contributed by atoms with van der Waals surface area (Å²) in [5.41, 5.74) is 4.37. The molecule has 90 valence electrons. The Morgan fingerprint density at radius 2 is 1.71 bits per heavy atom. The van der Waals surface area contributed by atoms with Gasteiger partial charge in [-0.1, -0.05) is 50.6 Å². The Balaban J connectivity index is 2.22. The highest BCUT2D eigenvalue weighted by Gasteiger charge is 2.20. The summed E-state index contributed by atoms with van der Waals surface area (Å²) in [5, 5.41) is 0. The largest absolute Gasteiger partial charge is 0.497 e. The number of benzene rings is 1. The summed E-state index contributed by atoms with van der Waals surface area (Å²) < 4.78 is 5.17. The van der Waals surface area contributed by atoms with Crippen molar-refractivity contribution in [3.63, 3.8) is 0 Å². The zero-order valence-electron chi connectivity index (χ0n) is 11.1. The van der Waals surface area contributed by atoms with Crippen LogP contribution in [0.3, 0.4) is 0 Å². The third-order valence-electron chi connectivity index (χ3n) is 3.26. The van der Waals surface area contributed by atoms with Gasteiger partial charge in [0.15, 0.2) is 0 Å². The summed E-state index contributed by atoms with van der Waals surface area (Å²) in [6.45, 7) is 6.80. The molecule has 0 unspecified atom stereocenters. The van der Waals surface area contributed by atoms with Gasteiger partial charge in [0.05, 0.1) is 7.11 Å². The van der Waals surface area contributed by atoms with Crippen LogP contribution in [0, 0.1) is 5.41 Å². The Morgan fingerprint density at radius 1 is 1.06 bits per heavy atom. The molecule has 0 aromatic heterocycles. The van der Waals surface area contributed by atoms with Crippen LogP contribution in [0.25, 0.3) is 5.57 Å². The van der Waals surface area contributed by atoms with Gasteiger partial charge in [0, 0.05) is 0 Å². The molecule has 0 N–H and O–H groups in total. The molecule has 0 fully saturated rings. The number of hydrogen-bond acceptors (Lipinski definition) is 1. The predicted octanol–water partition coefficient (Wildman–Crippen LogP) is 4.45. The second kappa shape index (κ2) is 4.40. The second-order valence-corrected chi connectivity index (χ2v) is 5.51. The van der Waals surface area contributed by atoms with Gasteiger partial charge in [0.25, 0.3) is 0 Å². The van der Waals surface area contributed by atoms with Crippen LogP contribution < -0.4 is 4.74 Å². The lowest BCUT2D eigenvalue weighted by molar-refractivity contribution is 0.415.